The zero-order valence-electron chi connectivity index (χ0n) is 11.8. The minimum Gasteiger partial charge on any atom is -0.352 e. The third kappa shape index (κ3) is 4.27. The number of nitrogens with zero attached hydrogens (tertiary/aromatic N) is 3. The Kier molecular flexibility index (Phi) is 4.91. The van der Waals surface area contributed by atoms with Crippen LogP contribution < -0.4 is 11.1 Å². The Morgan fingerprint density at radius 2 is 2.16 bits per heavy atom. The Bertz CT molecular complexity index is 469. The summed E-state index contributed by atoms with van der Waals surface area (Å²) in [6, 6.07) is 1.41. The van der Waals surface area contributed by atoms with Crippen molar-refractivity contribution < 1.29 is 9.59 Å². The highest BCUT2D eigenvalue weighted by Gasteiger charge is 2.13. The van der Waals surface area contributed by atoms with Gasteiger partial charge in [0.05, 0.1) is 11.7 Å². The third-order valence-electron chi connectivity index (χ3n) is 2.81. The van der Waals surface area contributed by atoms with Crippen LogP contribution in [0.15, 0.2) is 6.07 Å². The molecule has 0 bridgehead atoms. The van der Waals surface area contributed by atoms with Gasteiger partial charge in [0.2, 0.25) is 5.91 Å². The number of nitrogens with one attached hydrogen (secondary N) is 1. The Hall–Kier alpha value is -2.05. The first kappa shape index (κ1) is 15.0. The van der Waals surface area contributed by atoms with Gasteiger partial charge in [0.1, 0.15) is 6.54 Å². The summed E-state index contributed by atoms with van der Waals surface area (Å²) in [7, 11) is 1.48. The molecule has 0 saturated carbocycles. The van der Waals surface area contributed by atoms with Gasteiger partial charge in [-0.15, -0.1) is 0 Å². The van der Waals surface area contributed by atoms with Gasteiger partial charge in [-0.1, -0.05) is 0 Å². The number of nitrogens with two attached hydrogens (primary N) is 1. The van der Waals surface area contributed by atoms with Gasteiger partial charge >= 0.3 is 6.03 Å². The van der Waals surface area contributed by atoms with Gasteiger partial charge in [0.15, 0.2) is 0 Å². The van der Waals surface area contributed by atoms with Crippen molar-refractivity contribution in [2.24, 2.45) is 5.73 Å². The van der Waals surface area contributed by atoms with E-state index in [4.69, 9.17) is 5.73 Å². The maximum absolute atomic E-state index is 11.6. The minimum atomic E-state index is -0.623. The number of rotatable bonds is 5. The first-order chi connectivity index (χ1) is 8.81. The number of aryl methyl sites for hydroxylation is 2. The van der Waals surface area contributed by atoms with E-state index in [2.05, 4.69) is 10.4 Å². The van der Waals surface area contributed by atoms with E-state index in [1.165, 1.54) is 7.05 Å². The predicted molar refractivity (Wildman–Crippen MR) is 71.6 cm³/mol. The van der Waals surface area contributed by atoms with Crippen molar-refractivity contribution in [3.63, 3.8) is 0 Å². The molecule has 1 rings (SSSR count). The molecule has 0 unspecified atom stereocenters. The lowest BCUT2D eigenvalue weighted by atomic mass is 10.3. The van der Waals surface area contributed by atoms with Gasteiger partial charge in [0, 0.05) is 19.3 Å². The summed E-state index contributed by atoms with van der Waals surface area (Å²) in [4.78, 5) is 23.5. The second-order valence-electron chi connectivity index (χ2n) is 4.72. The lowest BCUT2D eigenvalue weighted by Gasteiger charge is -2.17. The second kappa shape index (κ2) is 6.21. The van der Waals surface area contributed by atoms with Crippen molar-refractivity contribution in [3.8, 4) is 0 Å². The SMILES string of the molecule is Cc1cc(C)n([C@@H](C)CNC(=O)CN(C)C(N)=O)n1. The molecule has 0 aliphatic heterocycles. The van der Waals surface area contributed by atoms with E-state index in [1.807, 2.05) is 31.5 Å². The molecule has 1 aromatic heterocycles. The molecule has 0 aliphatic rings. The molecule has 1 aromatic rings. The summed E-state index contributed by atoms with van der Waals surface area (Å²) in [5, 5.41) is 7.11. The molecule has 0 aromatic carbocycles. The Morgan fingerprint density at radius 1 is 1.53 bits per heavy atom. The molecule has 7 nitrogen and oxygen atoms in total. The highest BCUT2D eigenvalue weighted by Crippen LogP contribution is 2.09. The monoisotopic (exact) mass is 267 g/mol. The van der Waals surface area contributed by atoms with Crippen molar-refractivity contribution in [2.45, 2.75) is 26.8 Å². The summed E-state index contributed by atoms with van der Waals surface area (Å²) in [6.07, 6.45) is 0. The van der Waals surface area contributed by atoms with Crippen LogP contribution in [0.4, 0.5) is 4.79 Å². The molecule has 19 heavy (non-hydrogen) atoms. The van der Waals surface area contributed by atoms with Crippen LogP contribution in [0.2, 0.25) is 0 Å². The molecule has 0 fully saturated rings. The van der Waals surface area contributed by atoms with Crippen LogP contribution in [-0.2, 0) is 4.79 Å². The number of likely N-dealkylation sites (N-methyl/N-ethyl adjacent to an activating group) is 1. The smallest absolute Gasteiger partial charge is 0.314 e. The zero-order valence-corrected chi connectivity index (χ0v) is 11.8. The summed E-state index contributed by atoms with van der Waals surface area (Å²) in [5.74, 6) is -0.241. The van der Waals surface area contributed by atoms with Gasteiger partial charge < -0.3 is 16.0 Å². The fraction of sp³-hybridized carbons (Fsp3) is 0.583. The fourth-order valence-electron chi connectivity index (χ4n) is 1.79. The zero-order chi connectivity index (χ0) is 14.6. The van der Waals surface area contributed by atoms with Crippen molar-refractivity contribution in [3.05, 3.63) is 17.5 Å². The molecule has 7 heteroatoms. The average Bonchev–Trinajstić information content (AvgIpc) is 2.65. The number of hydrogen-bond acceptors (Lipinski definition) is 3. The topological polar surface area (TPSA) is 93.3 Å². The molecule has 1 heterocycles. The largest absolute Gasteiger partial charge is 0.352 e. The molecule has 0 radical (unpaired) electrons. The van der Waals surface area contributed by atoms with Crippen LogP contribution in [0, 0.1) is 13.8 Å². The van der Waals surface area contributed by atoms with Crippen LogP contribution in [0.3, 0.4) is 0 Å². The van der Waals surface area contributed by atoms with Gasteiger partial charge in [-0.05, 0) is 26.8 Å². The molecular formula is C12H21N5O2. The number of aromatic nitrogens is 2. The fourth-order valence-corrected chi connectivity index (χ4v) is 1.79. The summed E-state index contributed by atoms with van der Waals surface area (Å²) in [6.45, 7) is 6.28. The predicted octanol–water partition coefficient (Wildman–Crippen LogP) is 0.188. The van der Waals surface area contributed by atoms with Crippen LogP contribution in [0.25, 0.3) is 0 Å². The molecule has 0 spiro atoms. The minimum absolute atomic E-state index is 0.0425. The first-order valence-electron chi connectivity index (χ1n) is 6.11. The highest BCUT2D eigenvalue weighted by atomic mass is 16.2. The van der Waals surface area contributed by atoms with E-state index in [9.17, 15) is 9.59 Å². The third-order valence-corrected chi connectivity index (χ3v) is 2.81. The van der Waals surface area contributed by atoms with Gasteiger partial charge in [0.25, 0.3) is 0 Å². The van der Waals surface area contributed by atoms with E-state index in [0.29, 0.717) is 6.54 Å². The van der Waals surface area contributed by atoms with E-state index in [0.717, 1.165) is 16.3 Å². The molecule has 3 N–H and O–H groups in total. The number of amides is 3. The number of hydrogen-bond donors (Lipinski definition) is 2. The molecule has 3 amide bonds. The summed E-state index contributed by atoms with van der Waals surface area (Å²) < 4.78 is 1.87. The Labute approximate surface area is 112 Å². The number of urea groups is 1. The first-order valence-corrected chi connectivity index (χ1v) is 6.11. The van der Waals surface area contributed by atoms with Crippen molar-refractivity contribution in [1.29, 1.82) is 0 Å². The number of primary amides is 1. The van der Waals surface area contributed by atoms with Crippen LogP contribution >= 0.6 is 0 Å². The van der Waals surface area contributed by atoms with Crippen LogP contribution in [0.1, 0.15) is 24.4 Å². The van der Waals surface area contributed by atoms with E-state index < -0.39 is 6.03 Å². The number of carbonyl (C=O) groups excluding carboxylic acids is 2. The summed E-state index contributed by atoms with van der Waals surface area (Å²) in [5.41, 5.74) is 7.04. The molecule has 0 saturated heterocycles. The maximum atomic E-state index is 11.6. The van der Waals surface area contributed by atoms with Crippen molar-refractivity contribution in [1.82, 2.24) is 20.0 Å². The number of carbonyl (C=O) groups is 2. The maximum Gasteiger partial charge on any atom is 0.314 e. The van der Waals surface area contributed by atoms with Gasteiger partial charge in [-0.25, -0.2) is 4.79 Å². The van der Waals surface area contributed by atoms with E-state index in [1.54, 1.807) is 0 Å². The van der Waals surface area contributed by atoms with Crippen molar-refractivity contribution in [2.75, 3.05) is 20.1 Å². The summed E-state index contributed by atoms with van der Waals surface area (Å²) >= 11 is 0. The standard InChI is InChI=1S/C12H21N5O2/c1-8-5-9(2)17(15-8)10(3)6-14-11(18)7-16(4)12(13)19/h5,10H,6-7H2,1-4H3,(H2,13,19)(H,14,18)/t10-/m0/s1. The van der Waals surface area contributed by atoms with E-state index in [-0.39, 0.29) is 18.5 Å². The molecule has 1 atom stereocenters. The lowest BCUT2D eigenvalue weighted by molar-refractivity contribution is -0.121. The normalized spacial score (nSPS) is 12.0. The Morgan fingerprint density at radius 3 is 2.63 bits per heavy atom. The van der Waals surface area contributed by atoms with Gasteiger partial charge in [-0.2, -0.15) is 5.10 Å². The second-order valence-corrected chi connectivity index (χ2v) is 4.72. The highest BCUT2D eigenvalue weighted by molar-refractivity contribution is 5.83. The van der Waals surface area contributed by atoms with Crippen LogP contribution in [0.5, 0.6) is 0 Å². The van der Waals surface area contributed by atoms with E-state index >= 15 is 0 Å². The quantitative estimate of drug-likeness (QED) is 0.797. The van der Waals surface area contributed by atoms with Crippen molar-refractivity contribution >= 4 is 11.9 Å². The van der Waals surface area contributed by atoms with Crippen LogP contribution in [-0.4, -0.2) is 46.8 Å². The molecular weight excluding hydrogens is 246 g/mol. The van der Waals surface area contributed by atoms with Gasteiger partial charge in [-0.3, -0.25) is 9.48 Å². The average molecular weight is 267 g/mol. The lowest BCUT2D eigenvalue weighted by Crippen LogP contribution is -2.42. The molecule has 106 valence electrons. The Balaban J connectivity index is 2.46. The molecule has 0 aliphatic carbocycles.